The Morgan fingerprint density at radius 3 is 2.47 bits per heavy atom. The van der Waals surface area contributed by atoms with E-state index in [0.29, 0.717) is 17.5 Å². The third-order valence-electron chi connectivity index (χ3n) is 5.71. The van der Waals surface area contributed by atoms with E-state index in [1.807, 2.05) is 98.1 Å². The van der Waals surface area contributed by atoms with Gasteiger partial charge in [0, 0.05) is 12.2 Å². The Labute approximate surface area is 216 Å². The summed E-state index contributed by atoms with van der Waals surface area (Å²) >= 11 is 1.36. The van der Waals surface area contributed by atoms with E-state index in [9.17, 15) is 4.79 Å². The fourth-order valence-corrected chi connectivity index (χ4v) is 4.75. The van der Waals surface area contributed by atoms with Gasteiger partial charge in [0.1, 0.15) is 17.6 Å². The third-order valence-corrected chi connectivity index (χ3v) is 6.94. The van der Waals surface area contributed by atoms with Crippen LogP contribution < -0.4 is 10.1 Å². The Kier molecular flexibility index (Phi) is 8.23. The zero-order valence-electron chi connectivity index (χ0n) is 20.8. The van der Waals surface area contributed by atoms with Crippen molar-refractivity contribution in [1.82, 2.24) is 14.8 Å². The Hall–Kier alpha value is -3.84. The van der Waals surface area contributed by atoms with Gasteiger partial charge in [-0.3, -0.25) is 9.36 Å². The van der Waals surface area contributed by atoms with E-state index >= 15 is 0 Å². The lowest BCUT2D eigenvalue weighted by Gasteiger charge is -2.18. The minimum Gasteiger partial charge on any atom is -0.486 e. The monoisotopic (exact) mass is 498 g/mol. The Balaban J connectivity index is 1.59. The molecule has 0 aliphatic heterocycles. The smallest absolute Gasteiger partial charge is 0.242 e. The summed E-state index contributed by atoms with van der Waals surface area (Å²) in [6, 6.07) is 23.6. The Bertz CT molecular complexity index is 1330. The van der Waals surface area contributed by atoms with E-state index in [1.54, 1.807) is 6.08 Å². The lowest BCUT2D eigenvalue weighted by molar-refractivity contribution is -0.115. The van der Waals surface area contributed by atoms with E-state index in [1.165, 1.54) is 17.3 Å². The van der Waals surface area contributed by atoms with E-state index in [0.717, 1.165) is 28.1 Å². The number of rotatable bonds is 10. The molecule has 0 saturated carbocycles. The van der Waals surface area contributed by atoms with Gasteiger partial charge in [-0.1, -0.05) is 78.0 Å². The zero-order valence-corrected chi connectivity index (χ0v) is 21.6. The predicted octanol–water partition coefficient (Wildman–Crippen LogP) is 6.44. The number of amides is 1. The molecule has 0 bridgehead atoms. The highest BCUT2D eigenvalue weighted by Crippen LogP contribution is 2.36. The molecule has 4 aromatic rings. The summed E-state index contributed by atoms with van der Waals surface area (Å²) in [5, 5.41) is 12.0. The van der Waals surface area contributed by atoms with Crippen LogP contribution in [0.2, 0.25) is 0 Å². The van der Waals surface area contributed by atoms with Gasteiger partial charge in [0.25, 0.3) is 0 Å². The number of ether oxygens (including phenoxy) is 1. The van der Waals surface area contributed by atoms with Crippen LogP contribution >= 0.6 is 11.8 Å². The van der Waals surface area contributed by atoms with Crippen molar-refractivity contribution in [2.45, 2.75) is 44.3 Å². The van der Waals surface area contributed by atoms with Gasteiger partial charge >= 0.3 is 0 Å². The summed E-state index contributed by atoms with van der Waals surface area (Å²) in [5.74, 6) is 1.31. The second kappa shape index (κ2) is 11.7. The number of carbonyl (C=O) groups excluding carboxylic acids is 1. The summed E-state index contributed by atoms with van der Waals surface area (Å²) in [6.45, 7) is 10.7. The number of nitrogens with zero attached hydrogens (tertiary/aromatic N) is 3. The molecule has 0 saturated heterocycles. The van der Waals surface area contributed by atoms with E-state index in [4.69, 9.17) is 4.74 Å². The maximum Gasteiger partial charge on any atom is 0.242 e. The van der Waals surface area contributed by atoms with Crippen molar-refractivity contribution in [1.29, 1.82) is 0 Å². The van der Waals surface area contributed by atoms with Crippen LogP contribution in [0.4, 0.5) is 5.69 Å². The molecule has 3 aromatic carbocycles. The molecule has 184 valence electrons. The standard InChI is InChI=1S/C29H30N4O2S/c1-5-17-33-26(19-35-24-15-12-20(2)13-16-24)31-32-29(33)36-27(23-9-7-6-8-10-23)28(34)30-25-18-21(3)11-14-22(25)4/h5-16,18,27H,1,17,19H2,2-4H3,(H,30,34). The fraction of sp³-hybridized carbons (Fsp3) is 0.207. The molecular weight excluding hydrogens is 468 g/mol. The molecule has 0 spiro atoms. The molecule has 1 unspecified atom stereocenters. The molecule has 6 nitrogen and oxygen atoms in total. The maximum absolute atomic E-state index is 13.6. The molecule has 1 N–H and O–H groups in total. The van der Waals surface area contributed by atoms with Crippen LogP contribution in [0.25, 0.3) is 0 Å². The zero-order chi connectivity index (χ0) is 25.5. The highest BCUT2D eigenvalue weighted by atomic mass is 32.2. The number of anilines is 1. The van der Waals surface area contributed by atoms with Crippen molar-refractivity contribution < 1.29 is 9.53 Å². The SMILES string of the molecule is C=CCn1c(COc2ccc(C)cc2)nnc1SC(C(=O)Nc1cc(C)ccc1C)c1ccccc1. The number of thioether (sulfide) groups is 1. The van der Waals surface area contributed by atoms with Crippen molar-refractivity contribution >= 4 is 23.4 Å². The summed E-state index contributed by atoms with van der Waals surface area (Å²) in [4.78, 5) is 13.6. The van der Waals surface area contributed by atoms with E-state index in [-0.39, 0.29) is 12.5 Å². The minimum absolute atomic E-state index is 0.120. The molecule has 1 atom stereocenters. The van der Waals surface area contributed by atoms with Gasteiger partial charge in [0.2, 0.25) is 5.91 Å². The first-order valence-corrected chi connectivity index (χ1v) is 12.6. The number of hydrogen-bond donors (Lipinski definition) is 1. The first kappa shape index (κ1) is 25.3. The number of carbonyl (C=O) groups is 1. The van der Waals surface area contributed by atoms with Crippen molar-refractivity contribution in [3.63, 3.8) is 0 Å². The number of aryl methyl sites for hydroxylation is 3. The van der Waals surface area contributed by atoms with Crippen LogP contribution in [0.3, 0.4) is 0 Å². The van der Waals surface area contributed by atoms with Gasteiger partial charge < -0.3 is 10.1 Å². The molecule has 7 heteroatoms. The van der Waals surface area contributed by atoms with Crippen molar-refractivity contribution in [3.05, 3.63) is 114 Å². The molecule has 1 heterocycles. The average molecular weight is 499 g/mol. The molecule has 0 aliphatic carbocycles. The largest absolute Gasteiger partial charge is 0.486 e. The van der Waals surface area contributed by atoms with E-state index in [2.05, 4.69) is 22.1 Å². The minimum atomic E-state index is -0.523. The van der Waals surface area contributed by atoms with Crippen LogP contribution in [0.15, 0.2) is 90.6 Å². The number of hydrogen-bond acceptors (Lipinski definition) is 5. The second-order valence-corrected chi connectivity index (χ2v) is 9.69. The van der Waals surface area contributed by atoms with Crippen molar-refractivity contribution in [3.8, 4) is 5.75 Å². The Morgan fingerprint density at radius 1 is 1.03 bits per heavy atom. The second-order valence-electron chi connectivity index (χ2n) is 8.62. The predicted molar refractivity (Wildman–Crippen MR) is 145 cm³/mol. The van der Waals surface area contributed by atoms with Gasteiger partial charge in [-0.2, -0.15) is 0 Å². The van der Waals surface area contributed by atoms with Gasteiger partial charge in [0.15, 0.2) is 11.0 Å². The number of nitrogens with one attached hydrogen (secondary N) is 1. The van der Waals surface area contributed by atoms with Crippen LogP contribution in [-0.4, -0.2) is 20.7 Å². The normalized spacial score (nSPS) is 11.6. The first-order chi connectivity index (χ1) is 17.4. The quantitative estimate of drug-likeness (QED) is 0.201. The van der Waals surface area contributed by atoms with E-state index < -0.39 is 5.25 Å². The van der Waals surface area contributed by atoms with Gasteiger partial charge in [0.05, 0.1) is 0 Å². The summed E-state index contributed by atoms with van der Waals surface area (Å²) in [6.07, 6.45) is 1.79. The molecule has 0 fully saturated rings. The topological polar surface area (TPSA) is 69.0 Å². The number of benzene rings is 3. The van der Waals surface area contributed by atoms with Crippen LogP contribution in [0.5, 0.6) is 5.75 Å². The van der Waals surface area contributed by atoms with Gasteiger partial charge in [-0.05, 0) is 55.7 Å². The van der Waals surface area contributed by atoms with Gasteiger partial charge in [-0.15, -0.1) is 16.8 Å². The fourth-order valence-electron chi connectivity index (χ4n) is 3.68. The van der Waals surface area contributed by atoms with Gasteiger partial charge in [-0.25, -0.2) is 0 Å². The number of aromatic nitrogens is 3. The first-order valence-electron chi connectivity index (χ1n) is 11.8. The lowest BCUT2D eigenvalue weighted by Crippen LogP contribution is -2.20. The highest BCUT2D eigenvalue weighted by Gasteiger charge is 2.26. The number of allylic oxidation sites excluding steroid dienone is 1. The molecule has 0 aliphatic rings. The molecule has 4 rings (SSSR count). The molecule has 36 heavy (non-hydrogen) atoms. The molecule has 1 aromatic heterocycles. The average Bonchev–Trinajstić information content (AvgIpc) is 3.26. The van der Waals surface area contributed by atoms with Crippen LogP contribution in [-0.2, 0) is 17.9 Å². The van der Waals surface area contributed by atoms with Crippen molar-refractivity contribution in [2.24, 2.45) is 0 Å². The van der Waals surface area contributed by atoms with Crippen LogP contribution in [0, 0.1) is 20.8 Å². The molecular formula is C29H30N4O2S. The molecule has 1 amide bonds. The molecule has 0 radical (unpaired) electrons. The third kappa shape index (κ3) is 6.23. The van der Waals surface area contributed by atoms with Crippen LogP contribution in [0.1, 0.15) is 33.3 Å². The lowest BCUT2D eigenvalue weighted by atomic mass is 10.1. The highest BCUT2D eigenvalue weighted by molar-refractivity contribution is 8.00. The summed E-state index contributed by atoms with van der Waals surface area (Å²) < 4.78 is 7.88. The summed E-state index contributed by atoms with van der Waals surface area (Å²) in [7, 11) is 0. The summed E-state index contributed by atoms with van der Waals surface area (Å²) in [5.41, 5.74) is 4.96. The Morgan fingerprint density at radius 2 is 1.75 bits per heavy atom. The van der Waals surface area contributed by atoms with Crippen molar-refractivity contribution in [2.75, 3.05) is 5.32 Å². The maximum atomic E-state index is 13.6.